The number of morpholine rings is 1. The Morgan fingerprint density at radius 1 is 1.24 bits per heavy atom. The van der Waals surface area contributed by atoms with Gasteiger partial charge < -0.3 is 19.5 Å². The fourth-order valence-electron chi connectivity index (χ4n) is 3.84. The maximum Gasteiger partial charge on any atom is 0.250 e. The van der Waals surface area contributed by atoms with Gasteiger partial charge in [-0.25, -0.2) is 0 Å². The third-order valence-electron chi connectivity index (χ3n) is 5.50. The highest BCUT2D eigenvalue weighted by Gasteiger charge is 2.46. The summed E-state index contributed by atoms with van der Waals surface area (Å²) in [6, 6.07) is 5.15. The van der Waals surface area contributed by atoms with Gasteiger partial charge in [0.05, 0.1) is 18.1 Å². The number of hydrogen-bond donors (Lipinski definition) is 1. The van der Waals surface area contributed by atoms with Crippen LogP contribution in [0.3, 0.4) is 0 Å². The van der Waals surface area contributed by atoms with E-state index in [2.05, 4.69) is 5.32 Å². The van der Waals surface area contributed by atoms with Crippen LogP contribution in [0.4, 0.5) is 0 Å². The number of rotatable bonds is 4. The Morgan fingerprint density at radius 3 is 2.80 bits per heavy atom. The lowest BCUT2D eigenvalue weighted by Crippen LogP contribution is -2.50. The van der Waals surface area contributed by atoms with Gasteiger partial charge in [0.1, 0.15) is 6.54 Å². The number of nitrogens with one attached hydrogen (secondary N) is 1. The van der Waals surface area contributed by atoms with Gasteiger partial charge in [-0.3, -0.25) is 14.4 Å². The number of amides is 2. The van der Waals surface area contributed by atoms with Gasteiger partial charge in [0, 0.05) is 31.4 Å². The van der Waals surface area contributed by atoms with Crippen LogP contribution in [0.2, 0.25) is 0 Å². The van der Waals surface area contributed by atoms with Crippen LogP contribution in [0, 0.1) is 5.92 Å². The van der Waals surface area contributed by atoms with Gasteiger partial charge >= 0.3 is 0 Å². The lowest BCUT2D eigenvalue weighted by Gasteiger charge is -2.33. The first-order valence-corrected chi connectivity index (χ1v) is 8.99. The third-order valence-corrected chi connectivity index (χ3v) is 5.50. The summed E-state index contributed by atoms with van der Waals surface area (Å²) in [6.07, 6.45) is 5.25. The van der Waals surface area contributed by atoms with Gasteiger partial charge in [-0.2, -0.15) is 0 Å². The zero-order valence-electron chi connectivity index (χ0n) is 14.1. The Hall–Kier alpha value is -2.15. The zero-order chi connectivity index (χ0) is 17.4. The number of carbonyl (C=O) groups excluding carboxylic acids is 2. The van der Waals surface area contributed by atoms with Gasteiger partial charge in [-0.15, -0.1) is 0 Å². The highest BCUT2D eigenvalue weighted by molar-refractivity contribution is 5.81. The van der Waals surface area contributed by atoms with E-state index in [4.69, 9.17) is 4.74 Å². The van der Waals surface area contributed by atoms with Crippen LogP contribution in [0.5, 0.6) is 0 Å². The molecule has 3 atom stereocenters. The summed E-state index contributed by atoms with van der Waals surface area (Å²) in [6.45, 7) is 0.932. The van der Waals surface area contributed by atoms with Crippen LogP contribution in [0.15, 0.2) is 29.2 Å². The van der Waals surface area contributed by atoms with E-state index in [1.807, 2.05) is 0 Å². The van der Waals surface area contributed by atoms with Crippen molar-refractivity contribution in [1.82, 2.24) is 14.8 Å². The molecule has 7 heteroatoms. The molecule has 2 saturated heterocycles. The van der Waals surface area contributed by atoms with Gasteiger partial charge in [-0.05, 0) is 31.7 Å². The maximum atomic E-state index is 12.6. The number of nitrogens with zero attached hydrogens (tertiary/aromatic N) is 2. The average molecular weight is 345 g/mol. The highest BCUT2D eigenvalue weighted by Crippen LogP contribution is 2.33. The molecule has 2 amide bonds. The first kappa shape index (κ1) is 16.3. The molecule has 1 aromatic rings. The maximum absolute atomic E-state index is 12.6. The molecule has 3 aliphatic rings. The lowest BCUT2D eigenvalue weighted by atomic mass is 9.91. The molecule has 1 aromatic heterocycles. The minimum absolute atomic E-state index is 0.0258. The largest absolute Gasteiger partial charge is 0.370 e. The topological polar surface area (TPSA) is 80.6 Å². The number of fused-ring (bicyclic) bond motifs is 2. The molecule has 25 heavy (non-hydrogen) atoms. The molecule has 134 valence electrons. The molecule has 1 N–H and O–H groups in total. The third kappa shape index (κ3) is 3.33. The second-order valence-corrected chi connectivity index (χ2v) is 7.24. The quantitative estimate of drug-likeness (QED) is 0.841. The number of likely N-dealkylation sites (tertiary alicyclic amines) is 1. The van der Waals surface area contributed by atoms with Crippen molar-refractivity contribution in [1.29, 1.82) is 0 Å². The van der Waals surface area contributed by atoms with Crippen LogP contribution < -0.4 is 10.9 Å². The van der Waals surface area contributed by atoms with Crippen molar-refractivity contribution in [2.45, 2.75) is 50.5 Å². The summed E-state index contributed by atoms with van der Waals surface area (Å²) >= 11 is 0. The van der Waals surface area contributed by atoms with Gasteiger partial charge in [0.25, 0.3) is 5.56 Å². The number of ether oxygens (including phenoxy) is 1. The monoisotopic (exact) mass is 345 g/mol. The van der Waals surface area contributed by atoms with Gasteiger partial charge in [0.2, 0.25) is 11.8 Å². The molecular weight excluding hydrogens is 322 g/mol. The molecule has 0 spiro atoms. The van der Waals surface area contributed by atoms with Crippen molar-refractivity contribution in [3.05, 3.63) is 34.7 Å². The van der Waals surface area contributed by atoms with Crippen LogP contribution in [0.1, 0.15) is 25.7 Å². The molecular formula is C18H23N3O4. The standard InChI is InChI=1S/C18H23N3O4/c22-16-6-1-2-7-20(16)11-17(23)21-9-13-8-14(15(10-21)25-13)18(24)19-12-4-3-5-12/h1-2,6-7,12-15H,3-5,8-11H2,(H,19,24). The Balaban J connectivity index is 1.38. The summed E-state index contributed by atoms with van der Waals surface area (Å²) in [5.41, 5.74) is -0.190. The summed E-state index contributed by atoms with van der Waals surface area (Å²) in [7, 11) is 0. The summed E-state index contributed by atoms with van der Waals surface area (Å²) in [4.78, 5) is 38.5. The molecule has 2 bridgehead atoms. The molecule has 3 fully saturated rings. The summed E-state index contributed by atoms with van der Waals surface area (Å²) in [5, 5.41) is 3.09. The number of hydrogen-bond acceptors (Lipinski definition) is 4. The van der Waals surface area contributed by atoms with Crippen molar-refractivity contribution in [2.75, 3.05) is 13.1 Å². The van der Waals surface area contributed by atoms with Crippen LogP contribution in [0.25, 0.3) is 0 Å². The molecule has 3 heterocycles. The molecule has 7 nitrogen and oxygen atoms in total. The number of pyridine rings is 1. The second-order valence-electron chi connectivity index (χ2n) is 7.24. The molecule has 1 aliphatic carbocycles. The van der Waals surface area contributed by atoms with Crippen molar-refractivity contribution in [3.63, 3.8) is 0 Å². The Morgan fingerprint density at radius 2 is 2.08 bits per heavy atom. The van der Waals surface area contributed by atoms with Crippen LogP contribution in [-0.4, -0.2) is 52.6 Å². The normalized spacial score (nSPS) is 28.5. The van der Waals surface area contributed by atoms with E-state index in [9.17, 15) is 14.4 Å². The van der Waals surface area contributed by atoms with E-state index in [-0.39, 0.29) is 42.0 Å². The molecule has 4 rings (SSSR count). The molecule has 1 saturated carbocycles. The Kier molecular flexibility index (Phi) is 4.33. The highest BCUT2D eigenvalue weighted by atomic mass is 16.5. The van der Waals surface area contributed by atoms with Crippen molar-refractivity contribution in [3.8, 4) is 0 Å². The molecule has 0 radical (unpaired) electrons. The van der Waals surface area contributed by atoms with E-state index in [1.165, 1.54) is 17.1 Å². The van der Waals surface area contributed by atoms with E-state index in [1.54, 1.807) is 23.2 Å². The number of carbonyl (C=O) groups is 2. The summed E-state index contributed by atoms with van der Waals surface area (Å²) in [5.74, 6) is -0.222. The fourth-order valence-corrected chi connectivity index (χ4v) is 3.84. The molecule has 3 unspecified atom stereocenters. The van der Waals surface area contributed by atoms with Gasteiger partial charge in [-0.1, -0.05) is 6.07 Å². The second kappa shape index (κ2) is 6.63. The zero-order valence-corrected chi connectivity index (χ0v) is 14.1. The van der Waals surface area contributed by atoms with Crippen molar-refractivity contribution in [2.24, 2.45) is 5.92 Å². The first-order chi connectivity index (χ1) is 12.1. The fraction of sp³-hybridized carbons (Fsp3) is 0.611. The minimum atomic E-state index is -0.240. The lowest BCUT2D eigenvalue weighted by molar-refractivity contribution is -0.143. The molecule has 0 aromatic carbocycles. The van der Waals surface area contributed by atoms with E-state index in [0.29, 0.717) is 25.6 Å². The van der Waals surface area contributed by atoms with Crippen LogP contribution >= 0.6 is 0 Å². The van der Waals surface area contributed by atoms with Crippen molar-refractivity contribution >= 4 is 11.8 Å². The average Bonchev–Trinajstić information content (AvgIpc) is 2.87. The van der Waals surface area contributed by atoms with Gasteiger partial charge in [0.15, 0.2) is 0 Å². The van der Waals surface area contributed by atoms with E-state index >= 15 is 0 Å². The predicted molar refractivity (Wildman–Crippen MR) is 89.8 cm³/mol. The SMILES string of the molecule is O=C(NC1CCC1)C1CC2CN(C(=O)Cn3ccccc3=O)CC1O2. The van der Waals surface area contributed by atoms with E-state index < -0.39 is 0 Å². The number of aromatic nitrogens is 1. The summed E-state index contributed by atoms with van der Waals surface area (Å²) < 4.78 is 7.30. The Bertz CT molecular complexity index is 727. The predicted octanol–water partition coefficient (Wildman–Crippen LogP) is 0.133. The Labute approximate surface area is 145 Å². The molecule has 2 aliphatic heterocycles. The van der Waals surface area contributed by atoms with E-state index in [0.717, 1.165) is 12.8 Å². The smallest absolute Gasteiger partial charge is 0.250 e. The van der Waals surface area contributed by atoms with Crippen LogP contribution in [-0.2, 0) is 20.9 Å². The minimum Gasteiger partial charge on any atom is -0.370 e. The first-order valence-electron chi connectivity index (χ1n) is 8.99. The van der Waals surface area contributed by atoms with Crippen molar-refractivity contribution < 1.29 is 14.3 Å².